The van der Waals surface area contributed by atoms with Crippen LogP contribution in [0, 0.1) is 11.8 Å². The fraction of sp³-hybridized carbons (Fsp3) is 0.917. The molecule has 0 radical (unpaired) electrons. The lowest BCUT2D eigenvalue weighted by Gasteiger charge is -2.30. The summed E-state index contributed by atoms with van der Waals surface area (Å²) in [4.78, 5) is 11.7. The highest BCUT2D eigenvalue weighted by Gasteiger charge is 2.28. The predicted octanol–water partition coefficient (Wildman–Crippen LogP) is 2.70. The van der Waals surface area contributed by atoms with Gasteiger partial charge in [0.05, 0.1) is 0 Å². The van der Waals surface area contributed by atoms with Crippen molar-refractivity contribution in [2.75, 3.05) is 5.88 Å². The van der Waals surface area contributed by atoms with Gasteiger partial charge in [0.25, 0.3) is 0 Å². The Morgan fingerprint density at radius 2 is 1.93 bits per heavy atom. The number of halogens is 1. The number of alkyl halides is 1. The normalized spacial score (nSPS) is 31.3. The molecule has 2 nitrogen and oxygen atoms in total. The van der Waals surface area contributed by atoms with Crippen LogP contribution in [-0.2, 0) is 4.79 Å². The van der Waals surface area contributed by atoms with Gasteiger partial charge >= 0.3 is 0 Å². The minimum atomic E-state index is 0.250. The van der Waals surface area contributed by atoms with Crippen LogP contribution in [0.4, 0.5) is 0 Å². The molecular formula is C12H20ClNO. The Balaban J connectivity index is 1.76. The zero-order valence-corrected chi connectivity index (χ0v) is 9.93. The minimum absolute atomic E-state index is 0.250. The van der Waals surface area contributed by atoms with Crippen molar-refractivity contribution in [2.45, 2.75) is 51.0 Å². The molecule has 2 aliphatic carbocycles. The van der Waals surface area contributed by atoms with Crippen LogP contribution in [0.1, 0.15) is 44.9 Å². The van der Waals surface area contributed by atoms with Gasteiger partial charge in [0.15, 0.2) is 0 Å². The minimum Gasteiger partial charge on any atom is -0.353 e. The molecule has 0 bridgehead atoms. The van der Waals surface area contributed by atoms with E-state index in [1.165, 1.54) is 32.1 Å². The van der Waals surface area contributed by atoms with Crippen LogP contribution in [0.25, 0.3) is 0 Å². The third-order valence-electron chi connectivity index (χ3n) is 3.62. The summed E-state index contributed by atoms with van der Waals surface area (Å²) in [5.74, 6) is 2.13. The SMILES string of the molecule is O=C(CC1CC1)NC1CCCCC1CCl. The van der Waals surface area contributed by atoms with E-state index in [1.807, 2.05) is 0 Å². The predicted molar refractivity (Wildman–Crippen MR) is 61.9 cm³/mol. The average Bonchev–Trinajstić information content (AvgIpc) is 3.02. The highest BCUT2D eigenvalue weighted by atomic mass is 35.5. The van der Waals surface area contributed by atoms with Gasteiger partial charge in [0.2, 0.25) is 5.91 Å². The van der Waals surface area contributed by atoms with Crippen molar-refractivity contribution in [3.05, 3.63) is 0 Å². The standard InChI is InChI=1S/C12H20ClNO/c13-8-10-3-1-2-4-11(10)14-12(15)7-9-5-6-9/h9-11H,1-8H2,(H,14,15). The molecule has 0 spiro atoms. The van der Waals surface area contributed by atoms with E-state index in [9.17, 15) is 4.79 Å². The second-order valence-corrected chi connectivity index (χ2v) is 5.33. The molecule has 2 aliphatic rings. The first-order valence-electron chi connectivity index (χ1n) is 6.15. The maximum absolute atomic E-state index is 11.7. The molecule has 2 saturated carbocycles. The quantitative estimate of drug-likeness (QED) is 0.738. The molecule has 0 aliphatic heterocycles. The molecule has 15 heavy (non-hydrogen) atoms. The molecule has 0 aromatic carbocycles. The number of amides is 1. The second-order valence-electron chi connectivity index (χ2n) is 5.02. The first-order chi connectivity index (χ1) is 7.29. The number of rotatable bonds is 4. The smallest absolute Gasteiger partial charge is 0.220 e. The number of hydrogen-bond donors (Lipinski definition) is 1. The van der Waals surface area contributed by atoms with Gasteiger partial charge < -0.3 is 5.32 Å². The van der Waals surface area contributed by atoms with Gasteiger partial charge in [-0.3, -0.25) is 4.79 Å². The van der Waals surface area contributed by atoms with Gasteiger partial charge in [0, 0.05) is 18.3 Å². The Hall–Kier alpha value is -0.240. The van der Waals surface area contributed by atoms with Gasteiger partial charge in [-0.05, 0) is 37.5 Å². The third-order valence-corrected chi connectivity index (χ3v) is 4.02. The van der Waals surface area contributed by atoms with Crippen molar-refractivity contribution in [3.63, 3.8) is 0 Å². The van der Waals surface area contributed by atoms with Crippen molar-refractivity contribution >= 4 is 17.5 Å². The van der Waals surface area contributed by atoms with Gasteiger partial charge in [-0.25, -0.2) is 0 Å². The molecule has 0 heterocycles. The third kappa shape index (κ3) is 3.37. The van der Waals surface area contributed by atoms with E-state index in [1.54, 1.807) is 0 Å². The zero-order chi connectivity index (χ0) is 10.7. The molecule has 2 rings (SSSR count). The summed E-state index contributed by atoms with van der Waals surface area (Å²) >= 11 is 5.93. The van der Waals surface area contributed by atoms with Crippen LogP contribution in [0.15, 0.2) is 0 Å². The Labute approximate surface area is 96.8 Å². The summed E-state index contributed by atoms with van der Waals surface area (Å²) < 4.78 is 0. The summed E-state index contributed by atoms with van der Waals surface area (Å²) in [5, 5.41) is 3.17. The fourth-order valence-corrected chi connectivity index (χ4v) is 2.80. The lowest BCUT2D eigenvalue weighted by molar-refractivity contribution is -0.122. The Morgan fingerprint density at radius 1 is 1.20 bits per heavy atom. The van der Waals surface area contributed by atoms with Gasteiger partial charge in [0.1, 0.15) is 0 Å². The van der Waals surface area contributed by atoms with Crippen molar-refractivity contribution in [1.29, 1.82) is 0 Å². The molecule has 2 unspecified atom stereocenters. The van der Waals surface area contributed by atoms with Crippen molar-refractivity contribution in [2.24, 2.45) is 11.8 Å². The highest BCUT2D eigenvalue weighted by Crippen LogP contribution is 2.32. The van der Waals surface area contributed by atoms with E-state index in [-0.39, 0.29) is 5.91 Å². The van der Waals surface area contributed by atoms with Gasteiger partial charge in [-0.2, -0.15) is 0 Å². The zero-order valence-electron chi connectivity index (χ0n) is 9.18. The summed E-state index contributed by atoms with van der Waals surface area (Å²) in [6.07, 6.45) is 8.04. The molecule has 3 heteroatoms. The summed E-state index contributed by atoms with van der Waals surface area (Å²) in [5.41, 5.74) is 0. The molecule has 86 valence electrons. The molecule has 0 aromatic rings. The van der Waals surface area contributed by atoms with E-state index in [4.69, 9.17) is 11.6 Å². The van der Waals surface area contributed by atoms with Crippen LogP contribution >= 0.6 is 11.6 Å². The van der Waals surface area contributed by atoms with Gasteiger partial charge in [-0.15, -0.1) is 11.6 Å². The highest BCUT2D eigenvalue weighted by molar-refractivity contribution is 6.18. The van der Waals surface area contributed by atoms with Crippen LogP contribution in [-0.4, -0.2) is 17.8 Å². The molecule has 0 aromatic heterocycles. The topological polar surface area (TPSA) is 29.1 Å². The van der Waals surface area contributed by atoms with Crippen LogP contribution in [0.3, 0.4) is 0 Å². The maximum Gasteiger partial charge on any atom is 0.220 e. The van der Waals surface area contributed by atoms with Crippen molar-refractivity contribution < 1.29 is 4.79 Å². The summed E-state index contributed by atoms with van der Waals surface area (Å²) in [6.45, 7) is 0. The molecule has 2 atom stereocenters. The Morgan fingerprint density at radius 3 is 2.60 bits per heavy atom. The fourth-order valence-electron chi connectivity index (χ4n) is 2.43. The lowest BCUT2D eigenvalue weighted by atomic mass is 9.85. The number of hydrogen-bond acceptors (Lipinski definition) is 1. The summed E-state index contributed by atoms with van der Waals surface area (Å²) in [7, 11) is 0. The largest absolute Gasteiger partial charge is 0.353 e. The Bertz CT molecular complexity index is 228. The van der Waals surface area contributed by atoms with E-state index in [2.05, 4.69) is 5.32 Å². The first kappa shape index (κ1) is 11.3. The summed E-state index contributed by atoms with van der Waals surface area (Å²) in [6, 6.07) is 0.350. The molecule has 1 N–H and O–H groups in total. The van der Waals surface area contributed by atoms with E-state index >= 15 is 0 Å². The maximum atomic E-state index is 11.7. The van der Waals surface area contributed by atoms with Crippen molar-refractivity contribution in [3.8, 4) is 0 Å². The van der Waals surface area contributed by atoms with Crippen LogP contribution < -0.4 is 5.32 Å². The molecule has 0 saturated heterocycles. The van der Waals surface area contributed by atoms with E-state index in [0.717, 1.165) is 12.8 Å². The molecule has 2 fully saturated rings. The second kappa shape index (κ2) is 5.20. The number of carbonyl (C=O) groups excluding carboxylic acids is 1. The van der Waals surface area contributed by atoms with E-state index in [0.29, 0.717) is 23.8 Å². The van der Waals surface area contributed by atoms with Crippen LogP contribution in [0.5, 0.6) is 0 Å². The molecular weight excluding hydrogens is 210 g/mol. The number of nitrogens with one attached hydrogen (secondary N) is 1. The van der Waals surface area contributed by atoms with Gasteiger partial charge in [-0.1, -0.05) is 12.8 Å². The Kier molecular flexibility index (Phi) is 3.90. The first-order valence-corrected chi connectivity index (χ1v) is 6.68. The van der Waals surface area contributed by atoms with Crippen molar-refractivity contribution in [1.82, 2.24) is 5.32 Å². The average molecular weight is 230 g/mol. The lowest BCUT2D eigenvalue weighted by Crippen LogP contribution is -2.42. The van der Waals surface area contributed by atoms with Crippen LogP contribution in [0.2, 0.25) is 0 Å². The molecule has 1 amide bonds. The van der Waals surface area contributed by atoms with E-state index < -0.39 is 0 Å². The monoisotopic (exact) mass is 229 g/mol. The number of carbonyl (C=O) groups is 1.